The molecule has 1 aromatic carbocycles. The van der Waals surface area contributed by atoms with E-state index in [9.17, 15) is 13.2 Å². The van der Waals surface area contributed by atoms with Gasteiger partial charge >= 0.3 is 5.97 Å². The number of aryl methyl sites for hydroxylation is 2. The first-order valence-electron chi connectivity index (χ1n) is 6.30. The van der Waals surface area contributed by atoms with Crippen molar-refractivity contribution in [2.45, 2.75) is 31.2 Å². The Morgan fingerprint density at radius 3 is 2.60 bits per heavy atom. The minimum Gasteiger partial charge on any atom is -0.481 e. The van der Waals surface area contributed by atoms with Crippen LogP contribution in [0.15, 0.2) is 35.2 Å². The van der Waals surface area contributed by atoms with Crippen molar-refractivity contribution in [2.24, 2.45) is 5.92 Å². The van der Waals surface area contributed by atoms with E-state index in [0.717, 1.165) is 5.56 Å². The molecule has 2 rings (SSSR count). The molecule has 2 N–H and O–H groups in total. The Labute approximate surface area is 118 Å². The summed E-state index contributed by atoms with van der Waals surface area (Å²) in [6, 6.07) is 4.75. The van der Waals surface area contributed by atoms with Crippen molar-refractivity contribution in [3.05, 3.63) is 41.5 Å². The Balaban J connectivity index is 2.19. The van der Waals surface area contributed by atoms with E-state index in [1.165, 1.54) is 6.08 Å². The van der Waals surface area contributed by atoms with Crippen molar-refractivity contribution in [1.29, 1.82) is 0 Å². The van der Waals surface area contributed by atoms with Gasteiger partial charge in [-0.1, -0.05) is 24.3 Å². The van der Waals surface area contributed by atoms with Crippen LogP contribution in [-0.4, -0.2) is 25.5 Å². The molecule has 0 saturated carbocycles. The summed E-state index contributed by atoms with van der Waals surface area (Å²) in [5, 5.41) is 8.90. The summed E-state index contributed by atoms with van der Waals surface area (Å²) in [7, 11) is -3.64. The summed E-state index contributed by atoms with van der Waals surface area (Å²) in [6.07, 6.45) is 3.37. The van der Waals surface area contributed by atoms with Gasteiger partial charge in [0.05, 0.1) is 10.8 Å². The molecule has 2 unspecified atom stereocenters. The molecule has 0 bridgehead atoms. The predicted molar refractivity (Wildman–Crippen MR) is 74.9 cm³/mol. The molecule has 1 aliphatic carbocycles. The number of hydrogen-bond donors (Lipinski definition) is 2. The normalized spacial score (nSPS) is 22.1. The van der Waals surface area contributed by atoms with Crippen molar-refractivity contribution in [1.82, 2.24) is 4.72 Å². The van der Waals surface area contributed by atoms with Gasteiger partial charge in [-0.2, -0.15) is 0 Å². The van der Waals surface area contributed by atoms with Crippen molar-refractivity contribution in [2.75, 3.05) is 0 Å². The van der Waals surface area contributed by atoms with Gasteiger partial charge in [-0.15, -0.1) is 0 Å². The fourth-order valence-corrected chi connectivity index (χ4v) is 3.76. The van der Waals surface area contributed by atoms with Crippen LogP contribution < -0.4 is 4.72 Å². The highest BCUT2D eigenvalue weighted by molar-refractivity contribution is 7.89. The number of rotatable bonds is 4. The molecule has 1 aromatic rings. The van der Waals surface area contributed by atoms with Gasteiger partial charge in [0.1, 0.15) is 0 Å². The van der Waals surface area contributed by atoms with Gasteiger partial charge in [-0.3, -0.25) is 4.79 Å². The molecule has 0 aromatic heterocycles. The smallest absolute Gasteiger partial charge is 0.310 e. The Hall–Kier alpha value is -1.66. The molecule has 1 aliphatic rings. The number of carboxylic acids is 1. The summed E-state index contributed by atoms with van der Waals surface area (Å²) in [4.78, 5) is 11.1. The number of hydrogen-bond acceptors (Lipinski definition) is 3. The lowest BCUT2D eigenvalue weighted by atomic mass is 10.1. The summed E-state index contributed by atoms with van der Waals surface area (Å²) < 4.78 is 27.2. The molecule has 0 spiro atoms. The minimum atomic E-state index is -3.64. The highest BCUT2D eigenvalue weighted by Gasteiger charge is 2.28. The molecule has 5 nitrogen and oxygen atoms in total. The fourth-order valence-electron chi connectivity index (χ4n) is 2.23. The fraction of sp³-hybridized carbons (Fsp3) is 0.357. The molecule has 0 saturated heterocycles. The van der Waals surface area contributed by atoms with Crippen LogP contribution in [0.3, 0.4) is 0 Å². The maximum Gasteiger partial charge on any atom is 0.310 e. The second-order valence-corrected chi connectivity index (χ2v) is 6.74. The summed E-state index contributed by atoms with van der Waals surface area (Å²) in [6.45, 7) is 3.56. The maximum absolute atomic E-state index is 12.3. The van der Waals surface area contributed by atoms with Gasteiger partial charge in [0, 0.05) is 6.04 Å². The van der Waals surface area contributed by atoms with Crippen LogP contribution in [0.1, 0.15) is 17.5 Å². The van der Waals surface area contributed by atoms with E-state index in [1.54, 1.807) is 25.1 Å². The summed E-state index contributed by atoms with van der Waals surface area (Å²) in [5.74, 6) is -1.56. The standard InChI is InChI=1S/C14H17NO4S/c1-9-3-4-10(2)13(7-9)20(18,19)15-12-6-5-11(8-12)14(16)17/h3-7,11-12,15H,8H2,1-2H3,(H,16,17). The third-order valence-corrected chi connectivity index (χ3v) is 4.97. The molecule has 20 heavy (non-hydrogen) atoms. The first kappa shape index (κ1) is 14.7. The molecule has 0 aliphatic heterocycles. The molecular formula is C14H17NO4S. The van der Waals surface area contributed by atoms with Crippen LogP contribution in [-0.2, 0) is 14.8 Å². The van der Waals surface area contributed by atoms with Crippen LogP contribution in [0.2, 0.25) is 0 Å². The van der Waals surface area contributed by atoms with E-state index < -0.39 is 28.0 Å². The zero-order valence-electron chi connectivity index (χ0n) is 11.3. The van der Waals surface area contributed by atoms with E-state index in [2.05, 4.69) is 4.72 Å². The maximum atomic E-state index is 12.3. The zero-order chi connectivity index (χ0) is 14.9. The Morgan fingerprint density at radius 2 is 2.00 bits per heavy atom. The number of carbonyl (C=O) groups is 1. The number of carboxylic acid groups (broad SMARTS) is 1. The predicted octanol–water partition coefficient (Wildman–Crippen LogP) is 1.61. The minimum absolute atomic E-state index is 0.240. The second-order valence-electron chi connectivity index (χ2n) is 5.06. The van der Waals surface area contributed by atoms with Crippen molar-refractivity contribution in [3.63, 3.8) is 0 Å². The SMILES string of the molecule is Cc1ccc(C)c(S(=O)(=O)NC2C=CC(C(=O)O)C2)c1. The van der Waals surface area contributed by atoms with E-state index in [0.29, 0.717) is 5.56 Å². The molecule has 2 atom stereocenters. The van der Waals surface area contributed by atoms with Crippen molar-refractivity contribution >= 4 is 16.0 Å². The van der Waals surface area contributed by atoms with Crippen LogP contribution in [0.25, 0.3) is 0 Å². The Kier molecular flexibility index (Phi) is 3.96. The average Bonchev–Trinajstić information content (AvgIpc) is 2.80. The van der Waals surface area contributed by atoms with E-state index in [-0.39, 0.29) is 11.3 Å². The number of nitrogens with one attached hydrogen (secondary N) is 1. The third-order valence-electron chi connectivity index (χ3n) is 3.34. The molecular weight excluding hydrogens is 278 g/mol. The van der Waals surface area contributed by atoms with Gasteiger partial charge < -0.3 is 5.11 Å². The first-order chi connectivity index (χ1) is 9.29. The zero-order valence-corrected chi connectivity index (χ0v) is 12.1. The number of benzene rings is 1. The molecule has 0 radical (unpaired) electrons. The van der Waals surface area contributed by atoms with Gasteiger partial charge in [0.15, 0.2) is 0 Å². The highest BCUT2D eigenvalue weighted by atomic mass is 32.2. The molecule has 0 heterocycles. The first-order valence-corrected chi connectivity index (χ1v) is 7.78. The average molecular weight is 295 g/mol. The molecule has 108 valence electrons. The molecule has 0 fully saturated rings. The van der Waals surface area contributed by atoms with Crippen LogP contribution >= 0.6 is 0 Å². The Morgan fingerprint density at radius 1 is 1.30 bits per heavy atom. The van der Waals surface area contributed by atoms with Crippen LogP contribution in [0, 0.1) is 19.8 Å². The number of sulfonamides is 1. The lowest BCUT2D eigenvalue weighted by molar-refractivity contribution is -0.140. The Bertz CT molecular complexity index is 664. The van der Waals surface area contributed by atoms with Gasteiger partial charge in [0.2, 0.25) is 10.0 Å². The summed E-state index contributed by atoms with van der Waals surface area (Å²) in [5.41, 5.74) is 1.53. The van der Waals surface area contributed by atoms with Gasteiger partial charge in [-0.05, 0) is 37.5 Å². The molecule has 0 amide bonds. The van der Waals surface area contributed by atoms with Crippen LogP contribution in [0.4, 0.5) is 0 Å². The van der Waals surface area contributed by atoms with Crippen molar-refractivity contribution < 1.29 is 18.3 Å². The lowest BCUT2D eigenvalue weighted by Crippen LogP contribution is -2.33. The van der Waals surface area contributed by atoms with E-state index in [4.69, 9.17) is 5.11 Å². The quantitative estimate of drug-likeness (QED) is 0.827. The lowest BCUT2D eigenvalue weighted by Gasteiger charge is -2.14. The van der Waals surface area contributed by atoms with Crippen molar-refractivity contribution in [3.8, 4) is 0 Å². The van der Waals surface area contributed by atoms with E-state index in [1.807, 2.05) is 13.0 Å². The number of aliphatic carboxylic acids is 1. The topological polar surface area (TPSA) is 83.5 Å². The summed E-state index contributed by atoms with van der Waals surface area (Å²) >= 11 is 0. The van der Waals surface area contributed by atoms with Gasteiger partial charge in [-0.25, -0.2) is 13.1 Å². The second kappa shape index (κ2) is 5.38. The third kappa shape index (κ3) is 3.08. The van der Waals surface area contributed by atoms with Crippen LogP contribution in [0.5, 0.6) is 0 Å². The molecule has 6 heteroatoms. The monoisotopic (exact) mass is 295 g/mol. The van der Waals surface area contributed by atoms with E-state index >= 15 is 0 Å². The van der Waals surface area contributed by atoms with Gasteiger partial charge in [0.25, 0.3) is 0 Å². The highest BCUT2D eigenvalue weighted by Crippen LogP contribution is 2.22. The largest absolute Gasteiger partial charge is 0.481 e.